The number of fused-ring (bicyclic) bond motifs is 1. The topological polar surface area (TPSA) is 9.23 Å². The van der Waals surface area contributed by atoms with Crippen molar-refractivity contribution in [1.82, 2.24) is 0 Å². The van der Waals surface area contributed by atoms with Crippen LogP contribution in [0, 0.1) is 5.92 Å². The normalized spacial score (nSPS) is 40.9. The first-order chi connectivity index (χ1) is 9.28. The summed E-state index contributed by atoms with van der Waals surface area (Å²) in [5.74, 6) is 0.848. The lowest BCUT2D eigenvalue weighted by Gasteiger charge is -2.51. The molecule has 2 heteroatoms. The molecule has 2 nitrogen and oxygen atoms in total. The molecule has 2 saturated heterocycles. The molecule has 3 fully saturated rings. The fraction of sp³-hybridized carbons (Fsp3) is 1.00. The number of ether oxygens (including phenoxy) is 1. The Hall–Kier alpha value is -0.0800. The van der Waals surface area contributed by atoms with Crippen molar-refractivity contribution in [1.29, 1.82) is 0 Å². The number of hydrogen-bond acceptors (Lipinski definition) is 1. The first-order valence-corrected chi connectivity index (χ1v) is 8.74. The van der Waals surface area contributed by atoms with Gasteiger partial charge in [-0.2, -0.15) is 0 Å². The van der Waals surface area contributed by atoms with Gasteiger partial charge in [0.15, 0.2) is 0 Å². The number of nitrogens with zero attached hydrogens (tertiary/aromatic N) is 1. The number of piperidine rings is 2. The lowest BCUT2D eigenvalue weighted by Crippen LogP contribution is -2.61. The molecule has 1 aliphatic carbocycles. The van der Waals surface area contributed by atoms with Gasteiger partial charge < -0.3 is 9.22 Å². The van der Waals surface area contributed by atoms with Crippen molar-refractivity contribution in [3.05, 3.63) is 0 Å². The molecular formula is C17H32NO+. The van der Waals surface area contributed by atoms with E-state index in [9.17, 15) is 0 Å². The average Bonchev–Trinajstić information content (AvgIpc) is 2.45. The predicted octanol–water partition coefficient (Wildman–Crippen LogP) is 3.74. The monoisotopic (exact) mass is 266 g/mol. The molecule has 0 N–H and O–H groups in total. The highest BCUT2D eigenvalue weighted by molar-refractivity contribution is 4.79. The van der Waals surface area contributed by atoms with Gasteiger partial charge in [0.05, 0.1) is 38.9 Å². The Bertz CT molecular complexity index is 283. The van der Waals surface area contributed by atoms with Gasteiger partial charge in [0.2, 0.25) is 0 Å². The molecule has 110 valence electrons. The van der Waals surface area contributed by atoms with Crippen molar-refractivity contribution in [2.75, 3.05) is 26.7 Å². The van der Waals surface area contributed by atoms with Crippen LogP contribution in [-0.4, -0.2) is 43.4 Å². The van der Waals surface area contributed by atoms with Crippen molar-refractivity contribution >= 4 is 0 Å². The average molecular weight is 266 g/mol. The standard InChI is InChI=1S/C17H32NO/c1-18-12-6-5-11-17(18)15(8-7-13-18)14-19-16-9-3-2-4-10-16/h15-17H,2-14H2,1H3/q+1/t15-,17-,18+/m0/s1. The van der Waals surface area contributed by atoms with E-state index < -0.39 is 0 Å². The summed E-state index contributed by atoms with van der Waals surface area (Å²) in [6.07, 6.45) is 14.7. The van der Waals surface area contributed by atoms with Crippen molar-refractivity contribution < 1.29 is 9.22 Å². The van der Waals surface area contributed by atoms with E-state index in [2.05, 4.69) is 7.05 Å². The minimum atomic E-state index is 0.595. The largest absolute Gasteiger partial charge is 0.378 e. The molecule has 0 aromatic rings. The van der Waals surface area contributed by atoms with E-state index in [0.29, 0.717) is 6.10 Å². The van der Waals surface area contributed by atoms with Crippen LogP contribution in [-0.2, 0) is 4.74 Å². The quantitative estimate of drug-likeness (QED) is 0.707. The van der Waals surface area contributed by atoms with Crippen molar-refractivity contribution in [3.8, 4) is 0 Å². The van der Waals surface area contributed by atoms with Gasteiger partial charge in [-0.3, -0.25) is 0 Å². The Morgan fingerprint density at radius 2 is 1.58 bits per heavy atom. The molecule has 3 atom stereocenters. The Balaban J connectivity index is 1.54. The van der Waals surface area contributed by atoms with Gasteiger partial charge in [0, 0.05) is 12.3 Å². The third-order valence-corrected chi connectivity index (χ3v) is 6.11. The molecule has 3 rings (SSSR count). The van der Waals surface area contributed by atoms with Crippen LogP contribution in [0.5, 0.6) is 0 Å². The van der Waals surface area contributed by atoms with E-state index in [0.717, 1.165) is 18.6 Å². The van der Waals surface area contributed by atoms with Crippen molar-refractivity contribution in [2.45, 2.75) is 76.4 Å². The minimum Gasteiger partial charge on any atom is -0.378 e. The van der Waals surface area contributed by atoms with Crippen molar-refractivity contribution in [3.63, 3.8) is 0 Å². The highest BCUT2D eigenvalue weighted by Gasteiger charge is 2.43. The summed E-state index contributed by atoms with van der Waals surface area (Å²) in [5, 5.41) is 0. The van der Waals surface area contributed by atoms with Crippen LogP contribution >= 0.6 is 0 Å². The molecule has 0 bridgehead atoms. The Morgan fingerprint density at radius 1 is 0.842 bits per heavy atom. The highest BCUT2D eigenvalue weighted by Crippen LogP contribution is 2.36. The third-order valence-electron chi connectivity index (χ3n) is 6.11. The zero-order chi connectivity index (χ0) is 13.1. The zero-order valence-corrected chi connectivity index (χ0v) is 12.8. The Morgan fingerprint density at radius 3 is 2.42 bits per heavy atom. The summed E-state index contributed by atoms with van der Waals surface area (Å²) in [7, 11) is 2.51. The maximum atomic E-state index is 6.31. The SMILES string of the molecule is C[N@+]12CCCC[C@H]1[C@H](COC1CCCCC1)CCC2. The van der Waals surface area contributed by atoms with E-state index in [1.54, 1.807) is 0 Å². The fourth-order valence-electron chi connectivity index (χ4n) is 4.92. The van der Waals surface area contributed by atoms with E-state index in [4.69, 9.17) is 4.74 Å². The molecule has 19 heavy (non-hydrogen) atoms. The van der Waals surface area contributed by atoms with Gasteiger partial charge in [-0.1, -0.05) is 19.3 Å². The number of rotatable bonds is 3. The summed E-state index contributed by atoms with van der Waals surface area (Å²) in [6.45, 7) is 3.90. The van der Waals surface area contributed by atoms with Crippen LogP contribution < -0.4 is 0 Å². The van der Waals surface area contributed by atoms with Crippen LogP contribution in [0.4, 0.5) is 0 Å². The van der Waals surface area contributed by atoms with Crippen LogP contribution in [0.15, 0.2) is 0 Å². The maximum Gasteiger partial charge on any atom is 0.0939 e. The molecule has 0 aromatic heterocycles. The van der Waals surface area contributed by atoms with Crippen LogP contribution in [0.1, 0.15) is 64.2 Å². The lowest BCUT2D eigenvalue weighted by molar-refractivity contribution is -0.947. The molecule has 0 aromatic carbocycles. The molecule has 3 aliphatic rings. The van der Waals surface area contributed by atoms with Gasteiger partial charge in [0.1, 0.15) is 0 Å². The number of hydrogen-bond donors (Lipinski definition) is 0. The number of quaternary nitrogens is 1. The van der Waals surface area contributed by atoms with Gasteiger partial charge in [0.25, 0.3) is 0 Å². The predicted molar refractivity (Wildman–Crippen MR) is 79.1 cm³/mol. The molecule has 2 aliphatic heterocycles. The summed E-state index contributed by atoms with van der Waals surface area (Å²) >= 11 is 0. The molecule has 0 unspecified atom stereocenters. The Kier molecular flexibility index (Phi) is 4.48. The van der Waals surface area contributed by atoms with Gasteiger partial charge in [-0.25, -0.2) is 0 Å². The fourth-order valence-corrected chi connectivity index (χ4v) is 4.92. The van der Waals surface area contributed by atoms with E-state index in [-0.39, 0.29) is 0 Å². The first kappa shape index (κ1) is 13.9. The van der Waals surface area contributed by atoms with Gasteiger partial charge in [-0.15, -0.1) is 0 Å². The summed E-state index contributed by atoms with van der Waals surface area (Å²) < 4.78 is 7.67. The zero-order valence-electron chi connectivity index (χ0n) is 12.8. The van der Waals surface area contributed by atoms with Gasteiger partial charge in [-0.05, 0) is 38.5 Å². The molecule has 2 heterocycles. The third kappa shape index (κ3) is 3.16. The maximum absolute atomic E-state index is 6.31. The summed E-state index contributed by atoms with van der Waals surface area (Å²) in [6, 6.07) is 0.908. The molecule has 0 amide bonds. The van der Waals surface area contributed by atoms with Gasteiger partial charge >= 0.3 is 0 Å². The smallest absolute Gasteiger partial charge is 0.0939 e. The van der Waals surface area contributed by atoms with Crippen LogP contribution in [0.2, 0.25) is 0 Å². The lowest BCUT2D eigenvalue weighted by atomic mass is 9.82. The van der Waals surface area contributed by atoms with Crippen LogP contribution in [0.25, 0.3) is 0 Å². The van der Waals surface area contributed by atoms with E-state index in [1.807, 2.05) is 0 Å². The van der Waals surface area contributed by atoms with E-state index in [1.165, 1.54) is 81.8 Å². The minimum absolute atomic E-state index is 0.595. The summed E-state index contributed by atoms with van der Waals surface area (Å²) in [5.41, 5.74) is 0. The highest BCUT2D eigenvalue weighted by atomic mass is 16.5. The second-order valence-corrected chi connectivity index (χ2v) is 7.49. The Labute approximate surface area is 119 Å². The molecule has 1 saturated carbocycles. The molecule has 0 spiro atoms. The summed E-state index contributed by atoms with van der Waals surface area (Å²) in [4.78, 5) is 0. The second-order valence-electron chi connectivity index (χ2n) is 7.49. The van der Waals surface area contributed by atoms with Crippen LogP contribution in [0.3, 0.4) is 0 Å². The van der Waals surface area contributed by atoms with Crippen molar-refractivity contribution in [2.24, 2.45) is 5.92 Å². The molecular weight excluding hydrogens is 234 g/mol. The molecule has 0 radical (unpaired) electrons. The first-order valence-electron chi connectivity index (χ1n) is 8.74. The van der Waals surface area contributed by atoms with E-state index >= 15 is 0 Å². The second kappa shape index (κ2) is 6.13.